The Morgan fingerprint density at radius 2 is 1.35 bits per heavy atom. The summed E-state index contributed by atoms with van der Waals surface area (Å²) in [7, 11) is 0. The molecule has 2 amide bonds. The van der Waals surface area contributed by atoms with Gasteiger partial charge in [-0.3, -0.25) is 5.32 Å². The molecule has 3 saturated heterocycles. The first-order valence-corrected chi connectivity index (χ1v) is 14.2. The molecule has 6 rings (SSSR count). The Balaban J connectivity index is 1.10. The lowest BCUT2D eigenvalue weighted by molar-refractivity contribution is 0.208. The van der Waals surface area contributed by atoms with Gasteiger partial charge in [-0.1, -0.05) is 23.7 Å². The molecule has 0 spiro atoms. The number of carbonyl (C=O) groups is 1. The van der Waals surface area contributed by atoms with Crippen molar-refractivity contribution in [2.45, 2.75) is 25.7 Å². The van der Waals surface area contributed by atoms with Gasteiger partial charge >= 0.3 is 6.03 Å². The van der Waals surface area contributed by atoms with Gasteiger partial charge in [-0.05, 0) is 37.8 Å². The fourth-order valence-corrected chi connectivity index (χ4v) is 5.89. The smallest absolute Gasteiger partial charge is 0.323 e. The lowest BCUT2D eigenvalue weighted by Crippen LogP contribution is -2.50. The minimum absolute atomic E-state index is 0.141. The third-order valence-electron chi connectivity index (χ3n) is 7.07. The topological polar surface area (TPSA) is 93.6 Å². The predicted molar refractivity (Wildman–Crippen MR) is 148 cm³/mol. The van der Waals surface area contributed by atoms with Crippen LogP contribution in [0.2, 0.25) is 5.02 Å². The molecule has 0 saturated carbocycles. The van der Waals surface area contributed by atoms with Crippen molar-refractivity contribution < 1.29 is 4.79 Å². The van der Waals surface area contributed by atoms with Gasteiger partial charge in [-0.15, -0.1) is 11.3 Å². The molecule has 0 bridgehead atoms. The summed E-state index contributed by atoms with van der Waals surface area (Å²) in [5, 5.41) is 6.11. The van der Waals surface area contributed by atoms with Gasteiger partial charge in [0.1, 0.15) is 0 Å². The van der Waals surface area contributed by atoms with Gasteiger partial charge in [0.25, 0.3) is 0 Å². The van der Waals surface area contributed by atoms with Crippen LogP contribution >= 0.6 is 22.9 Å². The van der Waals surface area contributed by atoms with Crippen LogP contribution in [0.3, 0.4) is 0 Å². The van der Waals surface area contributed by atoms with Crippen LogP contribution in [0.15, 0.2) is 29.6 Å². The van der Waals surface area contributed by atoms with Crippen LogP contribution in [0.1, 0.15) is 25.7 Å². The van der Waals surface area contributed by atoms with Crippen LogP contribution in [-0.2, 0) is 0 Å². The molecule has 2 aromatic heterocycles. The third-order valence-corrected chi connectivity index (χ3v) is 8.06. The number of piperazine rings is 1. The van der Waals surface area contributed by atoms with Crippen molar-refractivity contribution in [1.82, 2.24) is 24.8 Å². The van der Waals surface area contributed by atoms with Gasteiger partial charge in [0.2, 0.25) is 17.8 Å². The summed E-state index contributed by atoms with van der Waals surface area (Å²) < 4.78 is 0. The fourth-order valence-electron chi connectivity index (χ4n) is 4.99. The lowest BCUT2D eigenvalue weighted by atomic mass is 10.2. The molecule has 3 aromatic rings. The number of urea groups is 1. The highest BCUT2D eigenvalue weighted by Gasteiger charge is 2.27. The molecule has 1 aromatic carbocycles. The maximum Gasteiger partial charge on any atom is 0.323 e. The number of hydrogen-bond acceptors (Lipinski definition) is 9. The molecule has 0 aliphatic carbocycles. The highest BCUT2D eigenvalue weighted by Crippen LogP contribution is 2.28. The van der Waals surface area contributed by atoms with Gasteiger partial charge < -0.3 is 19.6 Å². The molecule has 3 aliphatic rings. The molecular weight excluding hydrogens is 510 g/mol. The summed E-state index contributed by atoms with van der Waals surface area (Å²) in [5.74, 6) is 2.28. The molecule has 10 nitrogen and oxygen atoms in total. The van der Waals surface area contributed by atoms with Gasteiger partial charge in [-0.25, -0.2) is 9.78 Å². The standard InChI is InChI=1S/C25H30ClN9OS/c26-19-7-5-6-18(16-19)20-17-37-24(27-20)31-25(36)35-14-12-34(13-15-35)23-29-21(32-8-1-2-9-32)28-22(30-23)33-10-3-4-11-33/h5-7,16-17H,1-4,8-15H2,(H,27,31,36). The van der Waals surface area contributed by atoms with E-state index in [-0.39, 0.29) is 6.03 Å². The summed E-state index contributed by atoms with van der Waals surface area (Å²) in [6.07, 6.45) is 4.70. The first kappa shape index (κ1) is 24.2. The van der Waals surface area contributed by atoms with Crippen molar-refractivity contribution in [2.24, 2.45) is 0 Å². The number of rotatable bonds is 5. The molecule has 3 fully saturated rings. The number of nitrogens with one attached hydrogen (secondary N) is 1. The van der Waals surface area contributed by atoms with Crippen molar-refractivity contribution in [1.29, 1.82) is 0 Å². The van der Waals surface area contributed by atoms with Gasteiger partial charge in [0, 0.05) is 68.3 Å². The molecule has 5 heterocycles. The van der Waals surface area contributed by atoms with E-state index in [2.05, 4.69) is 25.0 Å². The average Bonchev–Trinajstić information content (AvgIpc) is 3.72. The minimum atomic E-state index is -0.141. The number of amides is 2. The first-order valence-electron chi connectivity index (χ1n) is 12.9. The Morgan fingerprint density at radius 3 is 1.92 bits per heavy atom. The quantitative estimate of drug-likeness (QED) is 0.515. The summed E-state index contributed by atoms with van der Waals surface area (Å²) in [6.45, 7) is 6.48. The monoisotopic (exact) mass is 539 g/mol. The second-order valence-electron chi connectivity index (χ2n) is 9.58. The second kappa shape index (κ2) is 10.7. The Morgan fingerprint density at radius 1 is 0.784 bits per heavy atom. The zero-order chi connectivity index (χ0) is 25.2. The highest BCUT2D eigenvalue weighted by molar-refractivity contribution is 7.14. The summed E-state index contributed by atoms with van der Waals surface area (Å²) in [5.41, 5.74) is 1.72. The molecule has 0 atom stereocenters. The van der Waals surface area contributed by atoms with E-state index in [4.69, 9.17) is 26.6 Å². The lowest BCUT2D eigenvalue weighted by Gasteiger charge is -2.35. The number of anilines is 4. The maximum absolute atomic E-state index is 13.0. The Kier molecular flexibility index (Phi) is 6.97. The first-order chi connectivity index (χ1) is 18.1. The van der Waals surface area contributed by atoms with Crippen LogP contribution in [0.4, 0.5) is 27.8 Å². The molecule has 0 radical (unpaired) electrons. The molecule has 1 N–H and O–H groups in total. The molecule has 0 unspecified atom stereocenters. The summed E-state index contributed by atoms with van der Waals surface area (Å²) in [6, 6.07) is 7.41. The number of thiazole rings is 1. The van der Waals surface area contributed by atoms with E-state index in [1.165, 1.54) is 37.0 Å². The van der Waals surface area contributed by atoms with E-state index in [9.17, 15) is 4.79 Å². The van der Waals surface area contributed by atoms with Crippen LogP contribution in [0.25, 0.3) is 11.3 Å². The van der Waals surface area contributed by atoms with Crippen molar-refractivity contribution >= 4 is 51.9 Å². The number of nitrogens with zero attached hydrogens (tertiary/aromatic N) is 8. The van der Waals surface area contributed by atoms with E-state index in [1.54, 1.807) is 0 Å². The fraction of sp³-hybridized carbons (Fsp3) is 0.480. The van der Waals surface area contributed by atoms with Crippen molar-refractivity contribution in [3.8, 4) is 11.3 Å². The van der Waals surface area contributed by atoms with E-state index in [1.807, 2.05) is 34.5 Å². The van der Waals surface area contributed by atoms with Crippen LogP contribution in [0, 0.1) is 0 Å². The second-order valence-corrected chi connectivity index (χ2v) is 10.9. The summed E-state index contributed by atoms with van der Waals surface area (Å²) in [4.78, 5) is 40.6. The normalized spacial score (nSPS) is 18.1. The van der Waals surface area contributed by atoms with Gasteiger partial charge in [0.05, 0.1) is 5.69 Å². The largest absolute Gasteiger partial charge is 0.341 e. The van der Waals surface area contributed by atoms with Crippen molar-refractivity contribution in [2.75, 3.05) is 72.4 Å². The molecule has 3 aliphatic heterocycles. The van der Waals surface area contributed by atoms with E-state index in [0.717, 1.165) is 49.3 Å². The average molecular weight is 540 g/mol. The predicted octanol–water partition coefficient (Wildman–Crippen LogP) is 4.20. The van der Waals surface area contributed by atoms with Crippen LogP contribution < -0.4 is 20.0 Å². The van der Waals surface area contributed by atoms with E-state index >= 15 is 0 Å². The molecular formula is C25H30ClN9OS. The Bertz CT molecular complexity index is 1220. The van der Waals surface area contributed by atoms with Crippen LogP contribution in [0.5, 0.6) is 0 Å². The van der Waals surface area contributed by atoms with E-state index in [0.29, 0.717) is 42.3 Å². The maximum atomic E-state index is 13.0. The number of halogens is 1. The Hall–Kier alpha value is -3.18. The summed E-state index contributed by atoms with van der Waals surface area (Å²) >= 11 is 7.51. The Labute approximate surface area is 225 Å². The molecule has 194 valence electrons. The van der Waals surface area contributed by atoms with E-state index < -0.39 is 0 Å². The van der Waals surface area contributed by atoms with Crippen molar-refractivity contribution in [3.05, 3.63) is 34.7 Å². The van der Waals surface area contributed by atoms with Gasteiger partial charge in [-0.2, -0.15) is 15.0 Å². The van der Waals surface area contributed by atoms with Gasteiger partial charge in [0.15, 0.2) is 5.13 Å². The number of carbonyl (C=O) groups excluding carboxylic acids is 1. The zero-order valence-corrected chi connectivity index (χ0v) is 22.2. The zero-order valence-electron chi connectivity index (χ0n) is 20.6. The number of hydrogen-bond donors (Lipinski definition) is 1. The number of aromatic nitrogens is 4. The minimum Gasteiger partial charge on any atom is -0.341 e. The van der Waals surface area contributed by atoms with Crippen LogP contribution in [-0.4, -0.2) is 83.2 Å². The SMILES string of the molecule is O=C(Nc1nc(-c2cccc(Cl)c2)cs1)N1CCN(c2nc(N3CCCC3)nc(N3CCCC3)n2)CC1. The molecule has 12 heteroatoms. The van der Waals surface area contributed by atoms with Crippen molar-refractivity contribution in [3.63, 3.8) is 0 Å². The highest BCUT2D eigenvalue weighted by atomic mass is 35.5. The number of benzene rings is 1. The third kappa shape index (κ3) is 5.42. The molecule has 37 heavy (non-hydrogen) atoms.